The molecule has 1 aromatic heterocycles. The average molecular weight is 404 g/mol. The molecule has 8 heteroatoms. The van der Waals surface area contributed by atoms with E-state index in [0.717, 1.165) is 0 Å². The normalized spacial score (nSPS) is 10.5. The molecule has 0 fully saturated rings. The van der Waals surface area contributed by atoms with Crippen LogP contribution >= 0.6 is 23.2 Å². The van der Waals surface area contributed by atoms with E-state index < -0.39 is 11.9 Å². The molecule has 6 nitrogen and oxygen atoms in total. The third-order valence-electron chi connectivity index (χ3n) is 3.67. The molecule has 27 heavy (non-hydrogen) atoms. The van der Waals surface area contributed by atoms with Crippen molar-refractivity contribution in [2.45, 2.75) is 6.92 Å². The standard InChI is InChI=1S/C19H15Cl2N3O3/c1-2-27-19(26)15-11-22-24(13-6-4-3-5-7-13)17(15)23-18(25)14-9-8-12(20)10-16(14)21/h3-11H,2H2,1H3,(H,23,25). The molecule has 2 aromatic carbocycles. The zero-order valence-corrected chi connectivity index (χ0v) is 15.8. The number of hydrogen-bond acceptors (Lipinski definition) is 4. The van der Waals surface area contributed by atoms with E-state index >= 15 is 0 Å². The highest BCUT2D eigenvalue weighted by molar-refractivity contribution is 6.37. The Kier molecular flexibility index (Phi) is 5.78. The molecule has 0 spiro atoms. The number of benzene rings is 2. The van der Waals surface area contributed by atoms with Crippen LogP contribution in [0.1, 0.15) is 27.6 Å². The predicted octanol–water partition coefficient (Wildman–Crippen LogP) is 4.61. The smallest absolute Gasteiger partial charge is 0.343 e. The summed E-state index contributed by atoms with van der Waals surface area (Å²) in [5.74, 6) is -0.896. The number of halogens is 2. The Hall–Kier alpha value is -2.83. The molecule has 0 radical (unpaired) electrons. The number of esters is 1. The van der Waals surface area contributed by atoms with Crippen molar-refractivity contribution in [3.05, 3.63) is 75.9 Å². The second kappa shape index (κ2) is 8.24. The van der Waals surface area contributed by atoms with E-state index in [1.807, 2.05) is 18.2 Å². The van der Waals surface area contributed by atoms with Gasteiger partial charge in [-0.25, -0.2) is 9.48 Å². The molecule has 0 bridgehead atoms. The van der Waals surface area contributed by atoms with Gasteiger partial charge in [0.2, 0.25) is 0 Å². The van der Waals surface area contributed by atoms with Crippen LogP contribution in [0, 0.1) is 0 Å². The average Bonchev–Trinajstić information content (AvgIpc) is 3.06. The molecular weight excluding hydrogens is 389 g/mol. The minimum atomic E-state index is -0.586. The Morgan fingerprint density at radius 1 is 1.11 bits per heavy atom. The Morgan fingerprint density at radius 2 is 1.85 bits per heavy atom. The lowest BCUT2D eigenvalue weighted by Gasteiger charge is -2.12. The Balaban J connectivity index is 2.02. The fourth-order valence-electron chi connectivity index (χ4n) is 2.44. The van der Waals surface area contributed by atoms with E-state index in [2.05, 4.69) is 10.4 Å². The van der Waals surface area contributed by atoms with Crippen molar-refractivity contribution in [2.24, 2.45) is 0 Å². The number of nitrogens with zero attached hydrogens (tertiary/aromatic N) is 2. The van der Waals surface area contributed by atoms with Crippen LogP contribution in [0.25, 0.3) is 5.69 Å². The van der Waals surface area contributed by atoms with Gasteiger partial charge in [-0.05, 0) is 37.3 Å². The molecule has 0 saturated carbocycles. The summed E-state index contributed by atoms with van der Waals surface area (Å²) in [4.78, 5) is 25.0. The van der Waals surface area contributed by atoms with Crippen molar-refractivity contribution in [1.82, 2.24) is 9.78 Å². The third kappa shape index (κ3) is 4.13. The summed E-state index contributed by atoms with van der Waals surface area (Å²) >= 11 is 12.0. The summed E-state index contributed by atoms with van der Waals surface area (Å²) in [7, 11) is 0. The maximum absolute atomic E-state index is 12.7. The first-order valence-electron chi connectivity index (χ1n) is 8.08. The molecule has 1 heterocycles. The summed E-state index contributed by atoms with van der Waals surface area (Å²) in [6.45, 7) is 1.90. The number of ether oxygens (including phenoxy) is 1. The summed E-state index contributed by atoms with van der Waals surface area (Å²) in [5.41, 5.74) is 1.03. The van der Waals surface area contributed by atoms with Crippen LogP contribution in [0.4, 0.5) is 5.82 Å². The number of aromatic nitrogens is 2. The summed E-state index contributed by atoms with van der Waals surface area (Å²) in [6, 6.07) is 13.6. The van der Waals surface area contributed by atoms with Crippen molar-refractivity contribution in [1.29, 1.82) is 0 Å². The Labute approximate surface area is 165 Å². The van der Waals surface area contributed by atoms with Crippen LogP contribution in [0.2, 0.25) is 10.0 Å². The van der Waals surface area contributed by atoms with Crippen LogP contribution in [0.15, 0.2) is 54.7 Å². The lowest BCUT2D eigenvalue weighted by atomic mass is 10.2. The first-order chi connectivity index (χ1) is 13.0. The minimum Gasteiger partial charge on any atom is -0.462 e. The number of hydrogen-bond donors (Lipinski definition) is 1. The van der Waals surface area contributed by atoms with Gasteiger partial charge in [0, 0.05) is 5.02 Å². The van der Waals surface area contributed by atoms with Crippen LogP contribution in [0.5, 0.6) is 0 Å². The molecule has 3 aromatic rings. The summed E-state index contributed by atoms with van der Waals surface area (Å²) in [5, 5.41) is 7.54. The molecule has 0 aliphatic carbocycles. The van der Waals surface area contributed by atoms with Crippen molar-refractivity contribution in [3.8, 4) is 5.69 Å². The van der Waals surface area contributed by atoms with Gasteiger partial charge in [0.05, 0.1) is 29.1 Å². The lowest BCUT2D eigenvalue weighted by Crippen LogP contribution is -2.18. The Morgan fingerprint density at radius 3 is 2.52 bits per heavy atom. The van der Waals surface area contributed by atoms with E-state index in [0.29, 0.717) is 10.7 Å². The van der Waals surface area contributed by atoms with Gasteiger partial charge in [0.15, 0.2) is 5.82 Å². The molecule has 3 rings (SSSR count). The number of para-hydroxylation sites is 1. The predicted molar refractivity (Wildman–Crippen MR) is 104 cm³/mol. The highest BCUT2D eigenvalue weighted by Gasteiger charge is 2.22. The number of nitrogens with one attached hydrogen (secondary N) is 1. The molecule has 1 N–H and O–H groups in total. The van der Waals surface area contributed by atoms with Gasteiger partial charge in [-0.1, -0.05) is 41.4 Å². The molecule has 138 valence electrons. The number of rotatable bonds is 5. The van der Waals surface area contributed by atoms with Crippen molar-refractivity contribution in [3.63, 3.8) is 0 Å². The van der Waals surface area contributed by atoms with Gasteiger partial charge in [-0.2, -0.15) is 5.10 Å². The molecule has 0 aliphatic rings. The first-order valence-corrected chi connectivity index (χ1v) is 8.83. The quantitative estimate of drug-likeness (QED) is 0.631. The van der Waals surface area contributed by atoms with Crippen molar-refractivity contribution >= 4 is 40.9 Å². The topological polar surface area (TPSA) is 73.2 Å². The van der Waals surface area contributed by atoms with Gasteiger partial charge >= 0.3 is 5.97 Å². The molecule has 0 unspecified atom stereocenters. The van der Waals surface area contributed by atoms with Crippen LogP contribution in [0.3, 0.4) is 0 Å². The zero-order valence-electron chi connectivity index (χ0n) is 14.3. The summed E-state index contributed by atoms with van der Waals surface area (Å²) < 4.78 is 6.51. The van der Waals surface area contributed by atoms with Gasteiger partial charge < -0.3 is 10.1 Å². The van der Waals surface area contributed by atoms with E-state index in [1.54, 1.807) is 25.1 Å². The van der Waals surface area contributed by atoms with Crippen LogP contribution in [-0.2, 0) is 4.74 Å². The van der Waals surface area contributed by atoms with E-state index in [1.165, 1.54) is 23.0 Å². The van der Waals surface area contributed by atoms with Gasteiger partial charge in [0.25, 0.3) is 5.91 Å². The largest absolute Gasteiger partial charge is 0.462 e. The third-order valence-corrected chi connectivity index (χ3v) is 4.22. The Bertz CT molecular complexity index is 987. The van der Waals surface area contributed by atoms with Gasteiger partial charge in [-0.3, -0.25) is 4.79 Å². The second-order valence-electron chi connectivity index (χ2n) is 5.45. The van der Waals surface area contributed by atoms with Crippen LogP contribution < -0.4 is 5.32 Å². The highest BCUT2D eigenvalue weighted by atomic mass is 35.5. The highest BCUT2D eigenvalue weighted by Crippen LogP contribution is 2.25. The number of carbonyl (C=O) groups excluding carboxylic acids is 2. The number of amides is 1. The molecule has 0 saturated heterocycles. The second-order valence-corrected chi connectivity index (χ2v) is 6.30. The molecular formula is C19H15Cl2N3O3. The SMILES string of the molecule is CCOC(=O)c1cnn(-c2ccccc2)c1NC(=O)c1ccc(Cl)cc1Cl. The number of anilines is 1. The fourth-order valence-corrected chi connectivity index (χ4v) is 2.93. The van der Waals surface area contributed by atoms with Crippen molar-refractivity contribution < 1.29 is 14.3 Å². The molecule has 0 atom stereocenters. The zero-order chi connectivity index (χ0) is 19.4. The monoisotopic (exact) mass is 403 g/mol. The maximum atomic E-state index is 12.7. The molecule has 0 aliphatic heterocycles. The fraction of sp³-hybridized carbons (Fsp3) is 0.105. The van der Waals surface area contributed by atoms with Crippen LogP contribution in [-0.4, -0.2) is 28.3 Å². The lowest BCUT2D eigenvalue weighted by molar-refractivity contribution is 0.0527. The van der Waals surface area contributed by atoms with Gasteiger partial charge in [0.1, 0.15) is 5.56 Å². The molecule has 1 amide bonds. The minimum absolute atomic E-state index is 0.138. The first kappa shape index (κ1) is 18.9. The van der Waals surface area contributed by atoms with E-state index in [4.69, 9.17) is 27.9 Å². The van der Waals surface area contributed by atoms with Crippen molar-refractivity contribution in [2.75, 3.05) is 11.9 Å². The van der Waals surface area contributed by atoms with E-state index in [9.17, 15) is 9.59 Å². The summed E-state index contributed by atoms with van der Waals surface area (Å²) in [6.07, 6.45) is 1.35. The maximum Gasteiger partial charge on any atom is 0.343 e. The van der Waals surface area contributed by atoms with E-state index in [-0.39, 0.29) is 28.6 Å². The number of carbonyl (C=O) groups is 2. The van der Waals surface area contributed by atoms with Gasteiger partial charge in [-0.15, -0.1) is 0 Å².